The van der Waals surface area contributed by atoms with Gasteiger partial charge in [-0.3, -0.25) is 4.79 Å². The van der Waals surface area contributed by atoms with Crippen LogP contribution in [0, 0.1) is 11.3 Å². The van der Waals surface area contributed by atoms with Gasteiger partial charge in [0.2, 0.25) is 0 Å². The van der Waals surface area contributed by atoms with Gasteiger partial charge in [0, 0.05) is 10.2 Å². The lowest BCUT2D eigenvalue weighted by atomic mass is 10.1. The molecule has 3 aromatic rings. The van der Waals surface area contributed by atoms with E-state index in [0.717, 1.165) is 5.56 Å². The standard InChI is InChI=1S/C26H23BrN2O4/c1-3-32-22-11-9-21(10-12-22)29-26(30)20(16-28)13-19-14-24(31-2)25(15-23(19)27)33-17-18-7-5-4-6-8-18/h4-15H,3,17H2,1-2H3,(H,29,30)/b20-13-. The van der Waals surface area contributed by atoms with Crippen LogP contribution in [0.15, 0.2) is 76.8 Å². The first-order valence-electron chi connectivity index (χ1n) is 10.2. The largest absolute Gasteiger partial charge is 0.494 e. The van der Waals surface area contributed by atoms with Crippen molar-refractivity contribution < 1.29 is 19.0 Å². The molecule has 0 fully saturated rings. The molecule has 33 heavy (non-hydrogen) atoms. The predicted molar refractivity (Wildman–Crippen MR) is 131 cm³/mol. The lowest BCUT2D eigenvalue weighted by Crippen LogP contribution is -2.13. The van der Waals surface area contributed by atoms with Gasteiger partial charge in [0.15, 0.2) is 11.5 Å². The highest BCUT2D eigenvalue weighted by atomic mass is 79.9. The van der Waals surface area contributed by atoms with Crippen LogP contribution in [0.1, 0.15) is 18.1 Å². The molecule has 0 unspecified atom stereocenters. The van der Waals surface area contributed by atoms with Crippen molar-refractivity contribution in [3.8, 4) is 23.3 Å². The normalized spacial score (nSPS) is 10.8. The van der Waals surface area contributed by atoms with E-state index in [9.17, 15) is 10.1 Å². The zero-order chi connectivity index (χ0) is 23.6. The average Bonchev–Trinajstić information content (AvgIpc) is 2.84. The van der Waals surface area contributed by atoms with Crippen LogP contribution >= 0.6 is 15.9 Å². The molecule has 0 spiro atoms. The van der Waals surface area contributed by atoms with E-state index in [1.165, 1.54) is 13.2 Å². The van der Waals surface area contributed by atoms with Crippen molar-refractivity contribution in [3.63, 3.8) is 0 Å². The molecule has 0 bridgehead atoms. The zero-order valence-electron chi connectivity index (χ0n) is 18.3. The van der Waals surface area contributed by atoms with Crippen LogP contribution in [0.4, 0.5) is 5.69 Å². The summed E-state index contributed by atoms with van der Waals surface area (Å²) in [6.45, 7) is 2.84. The van der Waals surface area contributed by atoms with E-state index in [1.54, 1.807) is 36.4 Å². The van der Waals surface area contributed by atoms with Gasteiger partial charge >= 0.3 is 0 Å². The smallest absolute Gasteiger partial charge is 0.266 e. The minimum Gasteiger partial charge on any atom is -0.494 e. The third-order valence-electron chi connectivity index (χ3n) is 4.61. The van der Waals surface area contributed by atoms with Crippen molar-refractivity contribution in [2.75, 3.05) is 19.0 Å². The summed E-state index contributed by atoms with van der Waals surface area (Å²) in [5.41, 5.74) is 2.14. The Balaban J connectivity index is 1.77. The number of hydrogen-bond donors (Lipinski definition) is 1. The molecular weight excluding hydrogens is 484 g/mol. The number of anilines is 1. The summed E-state index contributed by atoms with van der Waals surface area (Å²) in [5, 5.41) is 12.3. The fourth-order valence-corrected chi connectivity index (χ4v) is 3.41. The number of benzene rings is 3. The summed E-state index contributed by atoms with van der Waals surface area (Å²) in [6.07, 6.45) is 1.50. The number of carbonyl (C=O) groups is 1. The number of hydrogen-bond acceptors (Lipinski definition) is 5. The van der Waals surface area contributed by atoms with Gasteiger partial charge in [0.05, 0.1) is 13.7 Å². The summed E-state index contributed by atoms with van der Waals surface area (Å²) < 4.78 is 17.4. The number of nitriles is 1. The molecule has 3 rings (SSSR count). The Hall–Kier alpha value is -3.76. The van der Waals surface area contributed by atoms with Crippen LogP contribution in [0.5, 0.6) is 17.2 Å². The van der Waals surface area contributed by atoms with Crippen LogP contribution in [0.3, 0.4) is 0 Å². The summed E-state index contributed by atoms with van der Waals surface area (Å²) in [5.74, 6) is 1.22. The second-order valence-corrected chi connectivity index (χ2v) is 7.73. The van der Waals surface area contributed by atoms with Crippen LogP contribution in [-0.2, 0) is 11.4 Å². The van der Waals surface area contributed by atoms with Crippen molar-refractivity contribution >= 4 is 33.6 Å². The Morgan fingerprint density at radius 1 is 1.06 bits per heavy atom. The molecule has 7 heteroatoms. The van der Waals surface area contributed by atoms with Crippen molar-refractivity contribution in [2.45, 2.75) is 13.5 Å². The van der Waals surface area contributed by atoms with Crippen molar-refractivity contribution in [1.82, 2.24) is 0 Å². The van der Waals surface area contributed by atoms with Gasteiger partial charge in [-0.05, 0) is 60.5 Å². The highest BCUT2D eigenvalue weighted by molar-refractivity contribution is 9.10. The number of methoxy groups -OCH3 is 1. The van der Waals surface area contributed by atoms with E-state index in [0.29, 0.717) is 46.2 Å². The Morgan fingerprint density at radius 2 is 1.79 bits per heavy atom. The molecule has 0 saturated heterocycles. The van der Waals surface area contributed by atoms with Crippen molar-refractivity contribution in [1.29, 1.82) is 5.26 Å². The molecule has 1 amide bonds. The van der Waals surface area contributed by atoms with E-state index in [4.69, 9.17) is 14.2 Å². The van der Waals surface area contributed by atoms with Gasteiger partial charge in [-0.1, -0.05) is 46.3 Å². The molecule has 0 aliphatic rings. The molecule has 3 aromatic carbocycles. The molecule has 0 aromatic heterocycles. The number of carbonyl (C=O) groups excluding carboxylic acids is 1. The van der Waals surface area contributed by atoms with Crippen LogP contribution in [0.25, 0.3) is 6.08 Å². The second-order valence-electron chi connectivity index (χ2n) is 6.88. The first-order chi connectivity index (χ1) is 16.0. The van der Waals surface area contributed by atoms with Gasteiger partial charge in [0.1, 0.15) is 24.0 Å². The first-order valence-corrected chi connectivity index (χ1v) is 11.0. The summed E-state index contributed by atoms with van der Waals surface area (Å²) in [4.78, 5) is 12.6. The Kier molecular flexibility index (Phi) is 8.50. The molecule has 0 radical (unpaired) electrons. The Morgan fingerprint density at radius 3 is 2.42 bits per heavy atom. The van der Waals surface area contributed by atoms with Gasteiger partial charge in [-0.15, -0.1) is 0 Å². The van der Waals surface area contributed by atoms with Gasteiger partial charge in [-0.2, -0.15) is 5.26 Å². The minimum atomic E-state index is -0.517. The molecule has 6 nitrogen and oxygen atoms in total. The van der Waals surface area contributed by atoms with Crippen LogP contribution in [-0.4, -0.2) is 19.6 Å². The van der Waals surface area contributed by atoms with Gasteiger partial charge in [0.25, 0.3) is 5.91 Å². The average molecular weight is 507 g/mol. The van der Waals surface area contributed by atoms with E-state index in [1.807, 2.05) is 43.3 Å². The highest BCUT2D eigenvalue weighted by Crippen LogP contribution is 2.35. The number of nitrogens with zero attached hydrogens (tertiary/aromatic N) is 1. The summed E-state index contributed by atoms with van der Waals surface area (Å²) in [6, 6.07) is 22.2. The van der Waals surface area contributed by atoms with Crippen LogP contribution < -0.4 is 19.5 Å². The number of halogens is 1. The lowest BCUT2D eigenvalue weighted by Gasteiger charge is -2.13. The van der Waals surface area contributed by atoms with Crippen molar-refractivity contribution in [2.24, 2.45) is 0 Å². The maximum Gasteiger partial charge on any atom is 0.266 e. The number of rotatable bonds is 9. The van der Waals surface area contributed by atoms with Crippen molar-refractivity contribution in [3.05, 3.63) is 87.9 Å². The number of amides is 1. The number of nitrogens with one attached hydrogen (secondary N) is 1. The second kappa shape index (κ2) is 11.7. The maximum absolute atomic E-state index is 12.6. The maximum atomic E-state index is 12.6. The van der Waals surface area contributed by atoms with E-state index in [-0.39, 0.29) is 5.57 Å². The van der Waals surface area contributed by atoms with Gasteiger partial charge in [-0.25, -0.2) is 0 Å². The monoisotopic (exact) mass is 506 g/mol. The fraction of sp³-hybridized carbons (Fsp3) is 0.154. The highest BCUT2D eigenvalue weighted by Gasteiger charge is 2.14. The molecule has 0 atom stereocenters. The summed E-state index contributed by atoms with van der Waals surface area (Å²) >= 11 is 3.50. The Bertz CT molecular complexity index is 1170. The molecule has 0 heterocycles. The third-order valence-corrected chi connectivity index (χ3v) is 5.29. The van der Waals surface area contributed by atoms with E-state index >= 15 is 0 Å². The lowest BCUT2D eigenvalue weighted by molar-refractivity contribution is -0.112. The van der Waals surface area contributed by atoms with Crippen LogP contribution in [0.2, 0.25) is 0 Å². The molecule has 168 valence electrons. The summed E-state index contributed by atoms with van der Waals surface area (Å²) in [7, 11) is 1.54. The fourth-order valence-electron chi connectivity index (χ4n) is 2.97. The first kappa shape index (κ1) is 23.9. The third kappa shape index (κ3) is 6.61. The Labute approximate surface area is 201 Å². The minimum absolute atomic E-state index is 0.0513. The topological polar surface area (TPSA) is 80.6 Å². The molecule has 0 saturated carbocycles. The van der Waals surface area contributed by atoms with E-state index in [2.05, 4.69) is 21.2 Å². The van der Waals surface area contributed by atoms with Gasteiger partial charge < -0.3 is 19.5 Å². The molecular formula is C26H23BrN2O4. The SMILES string of the molecule is CCOc1ccc(NC(=O)/C(C#N)=C\c2cc(OC)c(OCc3ccccc3)cc2Br)cc1. The zero-order valence-corrected chi connectivity index (χ0v) is 19.9. The molecule has 1 N–H and O–H groups in total. The quantitative estimate of drug-likeness (QED) is 0.285. The predicted octanol–water partition coefficient (Wildman–Crippen LogP) is 5.98. The molecule has 0 aliphatic carbocycles. The van der Waals surface area contributed by atoms with E-state index < -0.39 is 5.91 Å². The number of ether oxygens (including phenoxy) is 3. The molecule has 0 aliphatic heterocycles.